The first-order valence-electron chi connectivity index (χ1n) is 2.74. The summed E-state index contributed by atoms with van der Waals surface area (Å²) >= 11 is 0. The molecule has 0 radical (unpaired) electrons. The van der Waals surface area contributed by atoms with E-state index in [2.05, 4.69) is 5.10 Å². The Morgan fingerprint density at radius 2 is 2.50 bits per heavy atom. The van der Waals surface area contributed by atoms with Crippen molar-refractivity contribution in [3.63, 3.8) is 0 Å². The number of hydrogen-bond donors (Lipinski definition) is 3. The number of H-pyrrole nitrogens is 1. The van der Waals surface area contributed by atoms with Crippen LogP contribution in [0.25, 0.3) is 0 Å². The van der Waals surface area contributed by atoms with E-state index < -0.39 is 0 Å². The second-order valence-electron chi connectivity index (χ2n) is 1.98. The van der Waals surface area contributed by atoms with Crippen LogP contribution in [0.2, 0.25) is 0 Å². The van der Waals surface area contributed by atoms with Crippen molar-refractivity contribution in [1.29, 1.82) is 5.41 Å². The molecule has 5 heteroatoms. The number of aromatic amines is 1. The fourth-order valence-electron chi connectivity index (χ4n) is 0.735. The van der Waals surface area contributed by atoms with E-state index in [1.54, 1.807) is 6.92 Å². The first-order chi connectivity index (χ1) is 4.61. The predicted octanol–water partition coefficient (Wildman–Crippen LogP) is -0.774. The van der Waals surface area contributed by atoms with Crippen molar-refractivity contribution < 1.29 is 0 Å². The molecule has 0 aromatic carbocycles. The third kappa shape index (κ3) is 0.928. The van der Waals surface area contributed by atoms with Crippen molar-refractivity contribution in [1.82, 2.24) is 9.78 Å². The second-order valence-corrected chi connectivity index (χ2v) is 1.98. The lowest BCUT2D eigenvalue weighted by Gasteiger charge is -1.98. The van der Waals surface area contributed by atoms with E-state index in [9.17, 15) is 4.79 Å². The largest absolute Gasteiger partial charge is 0.368 e. The zero-order valence-corrected chi connectivity index (χ0v) is 5.51. The summed E-state index contributed by atoms with van der Waals surface area (Å²) in [5.74, 6) is -0.181. The van der Waals surface area contributed by atoms with Gasteiger partial charge in [0.15, 0.2) is 0 Å². The van der Waals surface area contributed by atoms with Gasteiger partial charge >= 0.3 is 0 Å². The molecule has 0 fully saturated rings. The molecule has 0 bridgehead atoms. The average Bonchev–Trinajstić information content (AvgIpc) is 2.10. The Morgan fingerprint density at radius 3 is 2.70 bits per heavy atom. The quantitative estimate of drug-likeness (QED) is 0.326. The minimum absolute atomic E-state index is 0.181. The smallest absolute Gasteiger partial charge is 0.264 e. The van der Waals surface area contributed by atoms with E-state index in [1.807, 2.05) is 0 Å². The monoisotopic (exact) mass is 140 g/mol. The van der Waals surface area contributed by atoms with Crippen LogP contribution in [-0.2, 0) is 0 Å². The number of nitrogen functional groups attached to an aromatic ring is 1. The van der Waals surface area contributed by atoms with Gasteiger partial charge in [0.1, 0.15) is 0 Å². The number of hydrogen-bond acceptors (Lipinski definition) is 2. The number of nitrogens with zero attached hydrogens (tertiary/aromatic N) is 1. The topological polar surface area (TPSA) is 87.7 Å². The van der Waals surface area contributed by atoms with Crippen LogP contribution in [0.3, 0.4) is 0 Å². The van der Waals surface area contributed by atoms with Crippen molar-refractivity contribution >= 4 is 5.96 Å². The predicted molar refractivity (Wildman–Crippen MR) is 37.1 cm³/mol. The molecule has 5 nitrogen and oxygen atoms in total. The van der Waals surface area contributed by atoms with Gasteiger partial charge in [-0.3, -0.25) is 15.3 Å². The molecule has 0 aliphatic carbocycles. The van der Waals surface area contributed by atoms with Crippen LogP contribution in [0.4, 0.5) is 0 Å². The van der Waals surface area contributed by atoms with Crippen LogP contribution >= 0.6 is 0 Å². The molecule has 0 saturated heterocycles. The Labute approximate surface area is 57.0 Å². The summed E-state index contributed by atoms with van der Waals surface area (Å²) in [5.41, 5.74) is 5.50. The molecule has 1 aromatic heterocycles. The van der Waals surface area contributed by atoms with Gasteiger partial charge in [-0.2, -0.15) is 0 Å². The number of aromatic nitrogens is 2. The standard InChI is InChI=1S/C5H8N4O/c1-3-2-4(10)8-9(3)5(6)7/h2H,1H3,(H3,6,7)(H,8,10). The van der Waals surface area contributed by atoms with Crippen LogP contribution in [0, 0.1) is 12.3 Å². The molecule has 0 atom stereocenters. The van der Waals surface area contributed by atoms with Crippen molar-refractivity contribution in [3.8, 4) is 0 Å². The lowest BCUT2D eigenvalue weighted by atomic mass is 10.5. The Balaban J connectivity index is 3.28. The summed E-state index contributed by atoms with van der Waals surface area (Å²) in [6.45, 7) is 1.69. The van der Waals surface area contributed by atoms with E-state index in [0.717, 1.165) is 0 Å². The normalized spacial score (nSPS) is 9.70. The first kappa shape index (κ1) is 6.60. The van der Waals surface area contributed by atoms with Gasteiger partial charge in [0.25, 0.3) is 5.56 Å². The van der Waals surface area contributed by atoms with Crippen LogP contribution in [0.15, 0.2) is 10.9 Å². The van der Waals surface area contributed by atoms with Gasteiger partial charge in [-0.15, -0.1) is 0 Å². The summed E-state index contributed by atoms with van der Waals surface area (Å²) in [6.07, 6.45) is 0. The zero-order chi connectivity index (χ0) is 7.72. The van der Waals surface area contributed by atoms with E-state index in [4.69, 9.17) is 11.1 Å². The maximum absolute atomic E-state index is 10.6. The Morgan fingerprint density at radius 1 is 1.90 bits per heavy atom. The minimum Gasteiger partial charge on any atom is -0.368 e. The highest BCUT2D eigenvalue weighted by Gasteiger charge is 1.99. The Hall–Kier alpha value is -1.52. The molecule has 0 aliphatic heterocycles. The number of nitrogens with two attached hydrogens (primary N) is 1. The van der Waals surface area contributed by atoms with Gasteiger partial charge < -0.3 is 5.73 Å². The fraction of sp³-hybridized carbons (Fsp3) is 0.200. The van der Waals surface area contributed by atoms with Crippen LogP contribution in [0.5, 0.6) is 0 Å². The average molecular weight is 140 g/mol. The van der Waals surface area contributed by atoms with Gasteiger partial charge in [-0.05, 0) is 6.92 Å². The van der Waals surface area contributed by atoms with Crippen LogP contribution in [-0.4, -0.2) is 15.7 Å². The van der Waals surface area contributed by atoms with Crippen LogP contribution < -0.4 is 11.3 Å². The molecule has 0 unspecified atom stereocenters. The maximum Gasteiger partial charge on any atom is 0.264 e. The molecule has 4 N–H and O–H groups in total. The van der Waals surface area contributed by atoms with E-state index in [-0.39, 0.29) is 11.5 Å². The number of rotatable bonds is 0. The van der Waals surface area contributed by atoms with Crippen molar-refractivity contribution in [2.45, 2.75) is 6.92 Å². The van der Waals surface area contributed by atoms with E-state index in [1.165, 1.54) is 10.7 Å². The SMILES string of the molecule is Cc1cc(=O)[nH]n1C(=N)N. The molecule has 0 amide bonds. The molecular weight excluding hydrogens is 132 g/mol. The van der Waals surface area contributed by atoms with Gasteiger partial charge in [-0.25, -0.2) is 4.68 Å². The highest BCUT2D eigenvalue weighted by molar-refractivity contribution is 5.76. The molecule has 54 valence electrons. The van der Waals surface area contributed by atoms with Gasteiger partial charge in [0.05, 0.1) is 0 Å². The van der Waals surface area contributed by atoms with E-state index >= 15 is 0 Å². The maximum atomic E-state index is 10.6. The minimum atomic E-state index is -0.243. The number of nitrogens with one attached hydrogen (secondary N) is 2. The lowest BCUT2D eigenvalue weighted by molar-refractivity contribution is 0.864. The third-order valence-corrected chi connectivity index (χ3v) is 1.16. The molecule has 0 saturated carbocycles. The summed E-state index contributed by atoms with van der Waals surface area (Å²) in [5, 5.41) is 9.32. The summed E-state index contributed by atoms with van der Waals surface area (Å²) in [7, 11) is 0. The molecule has 0 aliphatic rings. The van der Waals surface area contributed by atoms with E-state index in [0.29, 0.717) is 5.69 Å². The summed E-state index contributed by atoms with van der Waals surface area (Å²) in [4.78, 5) is 10.6. The van der Waals surface area contributed by atoms with Crippen LogP contribution in [0.1, 0.15) is 5.69 Å². The molecule has 1 rings (SSSR count). The van der Waals surface area contributed by atoms with Crippen molar-refractivity contribution in [2.75, 3.05) is 0 Å². The van der Waals surface area contributed by atoms with Crippen molar-refractivity contribution in [2.24, 2.45) is 5.73 Å². The number of aryl methyl sites for hydroxylation is 1. The van der Waals surface area contributed by atoms with Gasteiger partial charge in [0, 0.05) is 11.8 Å². The molecule has 1 heterocycles. The lowest BCUT2D eigenvalue weighted by Crippen LogP contribution is -2.24. The Kier molecular flexibility index (Phi) is 1.33. The Bertz CT molecular complexity index is 308. The highest BCUT2D eigenvalue weighted by atomic mass is 16.1. The summed E-state index contributed by atoms with van der Waals surface area (Å²) in [6, 6.07) is 1.38. The highest BCUT2D eigenvalue weighted by Crippen LogP contribution is 1.86. The molecular formula is C5H8N4O. The molecule has 0 spiro atoms. The fourth-order valence-corrected chi connectivity index (χ4v) is 0.735. The zero-order valence-electron chi connectivity index (χ0n) is 5.51. The first-order valence-corrected chi connectivity index (χ1v) is 2.74. The van der Waals surface area contributed by atoms with Gasteiger partial charge in [-0.1, -0.05) is 0 Å². The van der Waals surface area contributed by atoms with Gasteiger partial charge in [0.2, 0.25) is 5.96 Å². The molecule has 10 heavy (non-hydrogen) atoms. The second kappa shape index (κ2) is 2.02. The van der Waals surface area contributed by atoms with Crippen molar-refractivity contribution in [3.05, 3.63) is 22.1 Å². The summed E-state index contributed by atoms with van der Waals surface area (Å²) < 4.78 is 1.21. The third-order valence-electron chi connectivity index (χ3n) is 1.16. The molecule has 1 aromatic rings.